The Bertz CT molecular complexity index is 668. The van der Waals surface area contributed by atoms with Gasteiger partial charge in [0.15, 0.2) is 11.6 Å². The second kappa shape index (κ2) is 6.23. The van der Waals surface area contributed by atoms with Crippen LogP contribution in [-0.2, 0) is 0 Å². The van der Waals surface area contributed by atoms with Gasteiger partial charge in [0, 0.05) is 37.8 Å². The van der Waals surface area contributed by atoms with Crippen LogP contribution in [-0.4, -0.2) is 35.6 Å². The molecule has 0 radical (unpaired) electrons. The van der Waals surface area contributed by atoms with Crippen LogP contribution in [0.15, 0.2) is 30.6 Å². The first-order chi connectivity index (χ1) is 10.6. The summed E-state index contributed by atoms with van der Waals surface area (Å²) < 4.78 is 31.6. The average molecular weight is 306 g/mol. The molecule has 1 unspecified atom stereocenters. The number of halogens is 2. The minimum absolute atomic E-state index is 0.192. The second-order valence-corrected chi connectivity index (χ2v) is 5.19. The highest BCUT2D eigenvalue weighted by Crippen LogP contribution is 2.24. The van der Waals surface area contributed by atoms with E-state index in [0.717, 1.165) is 37.6 Å². The summed E-state index contributed by atoms with van der Waals surface area (Å²) in [5.41, 5.74) is 0. The van der Waals surface area contributed by atoms with Gasteiger partial charge in [-0.3, -0.25) is 0 Å². The summed E-state index contributed by atoms with van der Waals surface area (Å²) in [5, 5.41) is 3.35. The number of hydrogen-bond acceptors (Lipinski definition) is 5. The van der Waals surface area contributed by atoms with Gasteiger partial charge in [-0.2, -0.15) is 0 Å². The number of nitrogens with zero attached hydrogens (tertiary/aromatic N) is 3. The van der Waals surface area contributed by atoms with Crippen LogP contribution in [0.5, 0.6) is 11.6 Å². The van der Waals surface area contributed by atoms with E-state index in [0.29, 0.717) is 11.9 Å². The molecular formula is C15H16F2N4O. The number of nitrogens with one attached hydrogen (secondary N) is 1. The minimum Gasteiger partial charge on any atom is -0.439 e. The Kier molecular flexibility index (Phi) is 4.15. The van der Waals surface area contributed by atoms with Crippen LogP contribution in [0.25, 0.3) is 0 Å². The van der Waals surface area contributed by atoms with Crippen molar-refractivity contribution in [3.05, 3.63) is 42.2 Å². The number of ether oxygens (including phenoxy) is 1. The zero-order valence-electron chi connectivity index (χ0n) is 12.1. The molecule has 0 spiro atoms. The molecule has 1 saturated heterocycles. The van der Waals surface area contributed by atoms with Gasteiger partial charge in [-0.05, 0) is 19.1 Å². The van der Waals surface area contributed by atoms with E-state index >= 15 is 0 Å². The van der Waals surface area contributed by atoms with E-state index in [2.05, 4.69) is 27.1 Å². The van der Waals surface area contributed by atoms with E-state index in [-0.39, 0.29) is 5.75 Å². The highest BCUT2D eigenvalue weighted by atomic mass is 19.2. The lowest BCUT2D eigenvalue weighted by molar-refractivity contribution is 0.444. The fraction of sp³-hybridized carbons (Fsp3) is 0.333. The molecule has 1 N–H and O–H groups in total. The van der Waals surface area contributed by atoms with Crippen LogP contribution in [0.2, 0.25) is 0 Å². The van der Waals surface area contributed by atoms with Crippen molar-refractivity contribution in [2.45, 2.75) is 13.0 Å². The number of anilines is 1. The van der Waals surface area contributed by atoms with Gasteiger partial charge in [0.05, 0.1) is 0 Å². The van der Waals surface area contributed by atoms with E-state index in [1.807, 2.05) is 0 Å². The standard InChI is InChI=1S/C15H16F2N4O/c1-10-8-21(5-4-18-10)14-7-15(20-9-19-14)22-11-2-3-12(16)13(17)6-11/h2-3,6-7,9-10,18H,4-5,8H2,1H3. The molecule has 3 rings (SSSR count). The number of aromatic nitrogens is 2. The van der Waals surface area contributed by atoms with Gasteiger partial charge in [-0.25, -0.2) is 18.7 Å². The minimum atomic E-state index is -0.956. The van der Waals surface area contributed by atoms with Crippen molar-refractivity contribution in [3.8, 4) is 11.6 Å². The summed E-state index contributed by atoms with van der Waals surface area (Å²) in [6.07, 6.45) is 1.40. The van der Waals surface area contributed by atoms with Gasteiger partial charge in [0.2, 0.25) is 5.88 Å². The fourth-order valence-electron chi connectivity index (χ4n) is 2.36. The first-order valence-corrected chi connectivity index (χ1v) is 7.05. The first kappa shape index (κ1) is 14.6. The normalized spacial score (nSPS) is 18.3. The molecule has 7 heteroatoms. The van der Waals surface area contributed by atoms with E-state index < -0.39 is 11.6 Å². The van der Waals surface area contributed by atoms with Gasteiger partial charge in [-0.15, -0.1) is 0 Å². The topological polar surface area (TPSA) is 50.3 Å². The SMILES string of the molecule is CC1CN(c2cc(Oc3ccc(F)c(F)c3)ncn2)CCN1. The molecule has 1 atom stereocenters. The Balaban J connectivity index is 1.77. The predicted molar refractivity (Wildman–Crippen MR) is 78.1 cm³/mol. The Morgan fingerprint density at radius 1 is 1.23 bits per heavy atom. The van der Waals surface area contributed by atoms with E-state index in [1.165, 1.54) is 12.4 Å². The number of rotatable bonds is 3. The Labute approximate surface area is 127 Å². The molecule has 0 aliphatic carbocycles. The maximum absolute atomic E-state index is 13.2. The van der Waals surface area contributed by atoms with Crippen LogP contribution >= 0.6 is 0 Å². The highest BCUT2D eigenvalue weighted by Gasteiger charge is 2.17. The van der Waals surface area contributed by atoms with Gasteiger partial charge in [0.25, 0.3) is 0 Å². The van der Waals surface area contributed by atoms with E-state index in [9.17, 15) is 8.78 Å². The zero-order valence-corrected chi connectivity index (χ0v) is 12.1. The van der Waals surface area contributed by atoms with Crippen molar-refractivity contribution in [3.63, 3.8) is 0 Å². The number of hydrogen-bond donors (Lipinski definition) is 1. The highest BCUT2D eigenvalue weighted by molar-refractivity contribution is 5.42. The molecule has 116 valence electrons. The smallest absolute Gasteiger partial charge is 0.224 e. The van der Waals surface area contributed by atoms with Crippen molar-refractivity contribution in [1.29, 1.82) is 0 Å². The molecule has 0 saturated carbocycles. The van der Waals surface area contributed by atoms with Gasteiger partial charge in [-0.1, -0.05) is 0 Å². The lowest BCUT2D eigenvalue weighted by atomic mass is 10.2. The molecule has 1 fully saturated rings. The summed E-state index contributed by atoms with van der Waals surface area (Å²) in [6, 6.07) is 5.43. The molecule has 2 aromatic rings. The Morgan fingerprint density at radius 2 is 2.09 bits per heavy atom. The van der Waals surface area contributed by atoms with Crippen LogP contribution in [0, 0.1) is 11.6 Å². The third-order valence-corrected chi connectivity index (χ3v) is 3.43. The largest absolute Gasteiger partial charge is 0.439 e. The van der Waals surface area contributed by atoms with Crippen LogP contribution in [0.3, 0.4) is 0 Å². The van der Waals surface area contributed by atoms with Crippen molar-refractivity contribution < 1.29 is 13.5 Å². The Morgan fingerprint density at radius 3 is 2.86 bits per heavy atom. The molecule has 0 amide bonds. The van der Waals surface area contributed by atoms with Gasteiger partial charge in [0.1, 0.15) is 17.9 Å². The van der Waals surface area contributed by atoms with Crippen molar-refractivity contribution in [1.82, 2.24) is 15.3 Å². The number of benzene rings is 1. The van der Waals surface area contributed by atoms with Gasteiger partial charge >= 0.3 is 0 Å². The average Bonchev–Trinajstić information content (AvgIpc) is 2.51. The molecule has 0 bridgehead atoms. The van der Waals surface area contributed by atoms with E-state index in [1.54, 1.807) is 6.07 Å². The maximum atomic E-state index is 13.2. The van der Waals surface area contributed by atoms with Crippen molar-refractivity contribution >= 4 is 5.82 Å². The summed E-state index contributed by atoms with van der Waals surface area (Å²) in [5.74, 6) is -0.631. The monoisotopic (exact) mass is 306 g/mol. The van der Waals surface area contributed by atoms with E-state index in [4.69, 9.17) is 4.74 Å². The summed E-state index contributed by atoms with van der Waals surface area (Å²) >= 11 is 0. The summed E-state index contributed by atoms with van der Waals surface area (Å²) in [4.78, 5) is 10.4. The molecule has 1 aliphatic heterocycles. The molecule has 1 aliphatic rings. The molecule has 2 heterocycles. The second-order valence-electron chi connectivity index (χ2n) is 5.19. The molecule has 1 aromatic carbocycles. The predicted octanol–water partition coefficient (Wildman–Crippen LogP) is 2.35. The Hall–Kier alpha value is -2.28. The lowest BCUT2D eigenvalue weighted by Gasteiger charge is -2.32. The fourth-order valence-corrected chi connectivity index (χ4v) is 2.36. The molecule has 5 nitrogen and oxygen atoms in total. The summed E-state index contributed by atoms with van der Waals surface area (Å²) in [6.45, 7) is 4.66. The number of piperazine rings is 1. The molecule has 22 heavy (non-hydrogen) atoms. The van der Waals surface area contributed by atoms with Crippen LogP contribution in [0.1, 0.15) is 6.92 Å². The quantitative estimate of drug-likeness (QED) is 0.943. The van der Waals surface area contributed by atoms with Gasteiger partial charge < -0.3 is 15.0 Å². The first-order valence-electron chi connectivity index (χ1n) is 7.05. The van der Waals surface area contributed by atoms with Crippen molar-refractivity contribution in [2.24, 2.45) is 0 Å². The van der Waals surface area contributed by atoms with Crippen molar-refractivity contribution in [2.75, 3.05) is 24.5 Å². The zero-order chi connectivity index (χ0) is 15.5. The lowest BCUT2D eigenvalue weighted by Crippen LogP contribution is -2.49. The van der Waals surface area contributed by atoms with Crippen LogP contribution < -0.4 is 15.0 Å². The van der Waals surface area contributed by atoms with Crippen LogP contribution in [0.4, 0.5) is 14.6 Å². The maximum Gasteiger partial charge on any atom is 0.224 e. The third kappa shape index (κ3) is 3.30. The molecular weight excluding hydrogens is 290 g/mol. The third-order valence-electron chi connectivity index (χ3n) is 3.43. The summed E-state index contributed by atoms with van der Waals surface area (Å²) in [7, 11) is 0. The molecule has 1 aromatic heterocycles.